The lowest BCUT2D eigenvalue weighted by atomic mass is 9.98. The third-order valence-corrected chi connectivity index (χ3v) is 3.17. The van der Waals surface area contributed by atoms with Gasteiger partial charge in [-0.3, -0.25) is 4.79 Å². The van der Waals surface area contributed by atoms with E-state index in [1.54, 1.807) is 24.3 Å². The Hall–Kier alpha value is -2.30. The van der Waals surface area contributed by atoms with Gasteiger partial charge in [0.15, 0.2) is 5.78 Å². The van der Waals surface area contributed by atoms with Crippen LogP contribution >= 0.6 is 0 Å². The van der Waals surface area contributed by atoms with E-state index >= 15 is 0 Å². The lowest BCUT2D eigenvalue weighted by Crippen LogP contribution is -2.14. The lowest BCUT2D eigenvalue weighted by Gasteiger charge is -2.13. The Labute approximate surface area is 132 Å². The van der Waals surface area contributed by atoms with Gasteiger partial charge >= 0.3 is 6.18 Å². The van der Waals surface area contributed by atoms with E-state index in [0.29, 0.717) is 11.3 Å². The van der Waals surface area contributed by atoms with Crippen LogP contribution in [-0.2, 0) is 12.6 Å². The largest absolute Gasteiger partial charge is 0.491 e. The molecular weight excluding hydrogens is 305 g/mol. The Kier molecular flexibility index (Phi) is 5.08. The summed E-state index contributed by atoms with van der Waals surface area (Å²) in [6, 6.07) is 11.7. The van der Waals surface area contributed by atoms with Gasteiger partial charge in [0.1, 0.15) is 5.75 Å². The summed E-state index contributed by atoms with van der Waals surface area (Å²) in [4.78, 5) is 12.3. The fourth-order valence-electron chi connectivity index (χ4n) is 2.26. The molecule has 0 spiro atoms. The molecule has 0 saturated carbocycles. The molecular formula is C18H17F3O2. The number of halogens is 3. The quantitative estimate of drug-likeness (QED) is 0.731. The summed E-state index contributed by atoms with van der Waals surface area (Å²) in [5.74, 6) is 0.0222. The number of carbonyl (C=O) groups is 1. The van der Waals surface area contributed by atoms with Crippen LogP contribution in [-0.4, -0.2) is 11.9 Å². The Morgan fingerprint density at radius 3 is 2.43 bits per heavy atom. The molecule has 5 heteroatoms. The summed E-state index contributed by atoms with van der Waals surface area (Å²) in [6.07, 6.45) is -4.68. The standard InChI is InChI=1S/C18H17F3O2/c1-12(2)23-14-7-5-6-13(10-14)11-17(22)15-8-3-4-9-16(15)18(19,20)21/h3-10,12H,11H2,1-2H3. The van der Waals surface area contributed by atoms with Crippen molar-refractivity contribution in [1.29, 1.82) is 0 Å². The van der Waals surface area contributed by atoms with Crippen molar-refractivity contribution in [3.63, 3.8) is 0 Å². The molecule has 0 aliphatic rings. The molecule has 2 rings (SSSR count). The number of ether oxygens (including phenoxy) is 1. The second kappa shape index (κ2) is 6.86. The van der Waals surface area contributed by atoms with Gasteiger partial charge in [0.2, 0.25) is 0 Å². The molecule has 0 radical (unpaired) electrons. The first-order valence-electron chi connectivity index (χ1n) is 7.22. The van der Waals surface area contributed by atoms with Crippen molar-refractivity contribution < 1.29 is 22.7 Å². The highest BCUT2D eigenvalue weighted by molar-refractivity contribution is 5.99. The molecule has 2 aromatic rings. The Balaban J connectivity index is 2.23. The second-order valence-corrected chi connectivity index (χ2v) is 5.46. The molecule has 0 saturated heterocycles. The Bertz CT molecular complexity index is 691. The molecule has 0 unspecified atom stereocenters. The van der Waals surface area contributed by atoms with E-state index < -0.39 is 17.5 Å². The van der Waals surface area contributed by atoms with Crippen LogP contribution in [0.15, 0.2) is 48.5 Å². The summed E-state index contributed by atoms with van der Waals surface area (Å²) in [5, 5.41) is 0. The smallest absolute Gasteiger partial charge is 0.417 e. The maximum absolute atomic E-state index is 13.0. The van der Waals surface area contributed by atoms with Gasteiger partial charge in [-0.25, -0.2) is 0 Å². The molecule has 0 heterocycles. The van der Waals surface area contributed by atoms with E-state index in [2.05, 4.69) is 0 Å². The van der Waals surface area contributed by atoms with Crippen LogP contribution in [0, 0.1) is 0 Å². The molecule has 23 heavy (non-hydrogen) atoms. The first-order chi connectivity index (χ1) is 10.8. The number of rotatable bonds is 5. The SMILES string of the molecule is CC(C)Oc1cccc(CC(=O)c2ccccc2C(F)(F)F)c1. The Morgan fingerprint density at radius 2 is 1.78 bits per heavy atom. The fraction of sp³-hybridized carbons (Fsp3) is 0.278. The molecule has 0 aromatic heterocycles. The van der Waals surface area contributed by atoms with E-state index in [-0.39, 0.29) is 18.1 Å². The van der Waals surface area contributed by atoms with Crippen LogP contribution < -0.4 is 4.74 Å². The van der Waals surface area contributed by atoms with Crippen molar-refractivity contribution in [1.82, 2.24) is 0 Å². The zero-order valence-electron chi connectivity index (χ0n) is 12.9. The van der Waals surface area contributed by atoms with E-state index in [9.17, 15) is 18.0 Å². The van der Waals surface area contributed by atoms with Crippen molar-refractivity contribution in [3.8, 4) is 5.75 Å². The van der Waals surface area contributed by atoms with Crippen LogP contribution in [0.1, 0.15) is 35.3 Å². The maximum Gasteiger partial charge on any atom is 0.417 e. The van der Waals surface area contributed by atoms with Gasteiger partial charge in [0, 0.05) is 12.0 Å². The van der Waals surface area contributed by atoms with Crippen molar-refractivity contribution in [3.05, 3.63) is 65.2 Å². The van der Waals surface area contributed by atoms with Gasteiger partial charge in [-0.15, -0.1) is 0 Å². The van der Waals surface area contributed by atoms with E-state index in [4.69, 9.17) is 4.74 Å². The van der Waals surface area contributed by atoms with Crippen molar-refractivity contribution in [2.75, 3.05) is 0 Å². The molecule has 122 valence electrons. The fourth-order valence-corrected chi connectivity index (χ4v) is 2.26. The topological polar surface area (TPSA) is 26.3 Å². The van der Waals surface area contributed by atoms with Gasteiger partial charge in [-0.05, 0) is 37.6 Å². The molecule has 0 aliphatic carbocycles. The number of Topliss-reactive ketones (excluding diaryl/α,β-unsaturated/α-hetero) is 1. The van der Waals surface area contributed by atoms with Crippen LogP contribution in [0.5, 0.6) is 5.75 Å². The van der Waals surface area contributed by atoms with Gasteiger partial charge in [0.25, 0.3) is 0 Å². The third-order valence-electron chi connectivity index (χ3n) is 3.17. The van der Waals surface area contributed by atoms with Crippen molar-refractivity contribution in [2.45, 2.75) is 32.5 Å². The highest BCUT2D eigenvalue weighted by Crippen LogP contribution is 2.32. The average molecular weight is 322 g/mol. The molecule has 0 fully saturated rings. The van der Waals surface area contributed by atoms with Gasteiger partial charge in [-0.1, -0.05) is 30.3 Å². The number of hydrogen-bond donors (Lipinski definition) is 0. The monoisotopic (exact) mass is 322 g/mol. The summed E-state index contributed by atoms with van der Waals surface area (Å²) >= 11 is 0. The number of hydrogen-bond acceptors (Lipinski definition) is 2. The van der Waals surface area contributed by atoms with E-state index in [0.717, 1.165) is 6.07 Å². The van der Waals surface area contributed by atoms with Crippen LogP contribution in [0.25, 0.3) is 0 Å². The average Bonchev–Trinajstić information content (AvgIpc) is 2.46. The number of benzene rings is 2. The molecule has 0 atom stereocenters. The van der Waals surface area contributed by atoms with Crippen LogP contribution in [0.3, 0.4) is 0 Å². The molecule has 0 bridgehead atoms. The summed E-state index contributed by atoms with van der Waals surface area (Å²) < 4.78 is 44.5. The first kappa shape index (κ1) is 17.1. The highest BCUT2D eigenvalue weighted by atomic mass is 19.4. The van der Waals surface area contributed by atoms with Gasteiger partial charge < -0.3 is 4.74 Å². The first-order valence-corrected chi connectivity index (χ1v) is 7.22. The van der Waals surface area contributed by atoms with Gasteiger partial charge in [0.05, 0.1) is 11.7 Å². The number of carbonyl (C=O) groups excluding carboxylic acids is 1. The predicted octanol–water partition coefficient (Wildman–Crippen LogP) is 4.92. The third kappa shape index (κ3) is 4.58. The second-order valence-electron chi connectivity index (χ2n) is 5.46. The van der Waals surface area contributed by atoms with Crippen LogP contribution in [0.2, 0.25) is 0 Å². The minimum absolute atomic E-state index is 0.0214. The van der Waals surface area contributed by atoms with Crippen molar-refractivity contribution >= 4 is 5.78 Å². The Morgan fingerprint density at radius 1 is 1.09 bits per heavy atom. The summed E-state index contributed by atoms with van der Waals surface area (Å²) in [6.45, 7) is 3.74. The predicted molar refractivity (Wildman–Crippen MR) is 81.7 cm³/mol. The van der Waals surface area contributed by atoms with Crippen LogP contribution in [0.4, 0.5) is 13.2 Å². The van der Waals surface area contributed by atoms with E-state index in [1.165, 1.54) is 18.2 Å². The zero-order chi connectivity index (χ0) is 17.0. The maximum atomic E-state index is 13.0. The van der Waals surface area contributed by atoms with Gasteiger partial charge in [-0.2, -0.15) is 13.2 Å². The van der Waals surface area contributed by atoms with E-state index in [1.807, 2.05) is 13.8 Å². The highest BCUT2D eigenvalue weighted by Gasteiger charge is 2.34. The lowest BCUT2D eigenvalue weighted by molar-refractivity contribution is -0.137. The normalized spacial score (nSPS) is 11.6. The minimum atomic E-state index is -4.55. The number of alkyl halides is 3. The molecule has 2 nitrogen and oxygen atoms in total. The number of ketones is 1. The molecule has 2 aromatic carbocycles. The summed E-state index contributed by atoms with van der Waals surface area (Å²) in [7, 11) is 0. The van der Waals surface area contributed by atoms with Crippen molar-refractivity contribution in [2.24, 2.45) is 0 Å². The minimum Gasteiger partial charge on any atom is -0.491 e. The molecule has 0 aliphatic heterocycles. The molecule has 0 amide bonds. The summed E-state index contributed by atoms with van der Waals surface area (Å²) in [5.41, 5.74) is -0.597. The zero-order valence-corrected chi connectivity index (χ0v) is 12.9. The molecule has 0 N–H and O–H groups in total.